The summed E-state index contributed by atoms with van der Waals surface area (Å²) in [6.45, 7) is 2.83. The molecule has 0 bridgehead atoms. The molecule has 108 valence electrons. The summed E-state index contributed by atoms with van der Waals surface area (Å²) in [4.78, 5) is 12.7. The van der Waals surface area contributed by atoms with Crippen molar-refractivity contribution in [2.45, 2.75) is 19.8 Å². The lowest BCUT2D eigenvalue weighted by atomic mass is 10.1. The first kappa shape index (κ1) is 13.5. The summed E-state index contributed by atoms with van der Waals surface area (Å²) >= 11 is 0. The summed E-state index contributed by atoms with van der Waals surface area (Å²) in [6, 6.07) is 10.0. The molecule has 0 aliphatic carbocycles. The zero-order chi connectivity index (χ0) is 14.7. The number of hydrogen-bond acceptors (Lipinski definition) is 2. The smallest absolute Gasteiger partial charge is 0.276 e. The van der Waals surface area contributed by atoms with Crippen LogP contribution in [-0.2, 0) is 6.42 Å². The molecule has 3 rings (SSSR count). The van der Waals surface area contributed by atoms with Crippen LogP contribution in [0.1, 0.15) is 18.9 Å². The fraction of sp³-hybridized carbons (Fsp3) is 0.235. The van der Waals surface area contributed by atoms with Gasteiger partial charge in [0.15, 0.2) is 0 Å². The molecule has 0 radical (unpaired) electrons. The van der Waals surface area contributed by atoms with Crippen LogP contribution >= 0.6 is 0 Å². The average molecular weight is 281 g/mol. The molecule has 1 aromatic heterocycles. The quantitative estimate of drug-likeness (QED) is 0.905. The lowest BCUT2D eigenvalue weighted by Crippen LogP contribution is -2.27. The van der Waals surface area contributed by atoms with Gasteiger partial charge in [0.05, 0.1) is 5.69 Å². The van der Waals surface area contributed by atoms with Crippen LogP contribution in [0.4, 0.5) is 0 Å². The fourth-order valence-corrected chi connectivity index (χ4v) is 2.57. The Hall–Kier alpha value is -2.49. The van der Waals surface area contributed by atoms with Crippen LogP contribution in [0.2, 0.25) is 0 Å². The highest BCUT2D eigenvalue weighted by Gasteiger charge is 2.17. The van der Waals surface area contributed by atoms with Crippen molar-refractivity contribution in [1.82, 2.24) is 15.1 Å². The molecular formula is C17H19N3O. The van der Waals surface area contributed by atoms with E-state index in [2.05, 4.69) is 17.3 Å². The van der Waals surface area contributed by atoms with E-state index in [1.54, 1.807) is 4.68 Å². The molecule has 1 aliphatic heterocycles. The zero-order valence-corrected chi connectivity index (χ0v) is 12.1. The van der Waals surface area contributed by atoms with Crippen molar-refractivity contribution in [3.8, 4) is 11.3 Å². The van der Waals surface area contributed by atoms with Gasteiger partial charge in [0.25, 0.3) is 5.56 Å². The summed E-state index contributed by atoms with van der Waals surface area (Å²) in [5, 5.41) is 6.48. The largest absolute Gasteiger partial charge is 0.366 e. The molecule has 0 unspecified atom stereocenters. The van der Waals surface area contributed by atoms with E-state index in [0.29, 0.717) is 0 Å². The van der Waals surface area contributed by atoms with E-state index in [9.17, 15) is 4.79 Å². The predicted octanol–water partition coefficient (Wildman–Crippen LogP) is 2.75. The number of hydrogen-bond donors (Lipinski definition) is 2. The van der Waals surface area contributed by atoms with Gasteiger partial charge in [-0.3, -0.25) is 9.89 Å². The third-order valence-corrected chi connectivity index (χ3v) is 3.58. The Morgan fingerprint density at radius 3 is 2.71 bits per heavy atom. The van der Waals surface area contributed by atoms with Crippen molar-refractivity contribution in [2.24, 2.45) is 0 Å². The Labute approximate surface area is 123 Å². The molecule has 2 heterocycles. The molecule has 4 heteroatoms. The molecular weight excluding hydrogens is 262 g/mol. The summed E-state index contributed by atoms with van der Waals surface area (Å²) in [5.74, 6) is 0.794. The fourth-order valence-electron chi connectivity index (χ4n) is 2.57. The van der Waals surface area contributed by atoms with Gasteiger partial charge in [0, 0.05) is 12.1 Å². The third kappa shape index (κ3) is 2.57. The third-order valence-electron chi connectivity index (χ3n) is 3.58. The predicted molar refractivity (Wildman–Crippen MR) is 85.9 cm³/mol. The van der Waals surface area contributed by atoms with Crippen LogP contribution in [0.3, 0.4) is 0 Å². The molecule has 1 aromatic carbocycles. The number of H-pyrrole nitrogens is 1. The topological polar surface area (TPSA) is 49.8 Å². The van der Waals surface area contributed by atoms with Gasteiger partial charge >= 0.3 is 0 Å². The lowest BCUT2D eigenvalue weighted by molar-refractivity contribution is 0.784. The summed E-state index contributed by atoms with van der Waals surface area (Å²) in [7, 11) is 0. The Morgan fingerprint density at radius 1 is 1.24 bits per heavy atom. The maximum atomic E-state index is 12.7. The first-order chi connectivity index (χ1) is 10.3. The number of aromatic nitrogens is 2. The molecule has 0 saturated carbocycles. The molecule has 0 amide bonds. The summed E-state index contributed by atoms with van der Waals surface area (Å²) < 4.78 is 1.61. The first-order valence-corrected chi connectivity index (χ1v) is 7.31. The Bertz CT molecular complexity index is 735. The van der Waals surface area contributed by atoms with Crippen molar-refractivity contribution < 1.29 is 0 Å². The van der Waals surface area contributed by atoms with Gasteiger partial charge in [-0.05, 0) is 18.1 Å². The summed E-state index contributed by atoms with van der Waals surface area (Å²) in [6.07, 6.45) is 7.60. The van der Waals surface area contributed by atoms with Crippen LogP contribution in [0.5, 0.6) is 0 Å². The minimum absolute atomic E-state index is 0.0322. The van der Waals surface area contributed by atoms with E-state index >= 15 is 0 Å². The highest BCUT2D eigenvalue weighted by atomic mass is 16.1. The molecule has 0 spiro atoms. The molecule has 1 aliphatic rings. The lowest BCUT2D eigenvalue weighted by Gasteiger charge is -2.11. The maximum absolute atomic E-state index is 12.7. The van der Waals surface area contributed by atoms with Crippen LogP contribution < -0.4 is 10.9 Å². The van der Waals surface area contributed by atoms with Crippen molar-refractivity contribution in [2.75, 3.05) is 6.54 Å². The second kappa shape index (κ2) is 5.87. The van der Waals surface area contributed by atoms with Gasteiger partial charge in [-0.1, -0.05) is 55.8 Å². The van der Waals surface area contributed by atoms with E-state index in [4.69, 9.17) is 0 Å². The molecule has 0 saturated heterocycles. The Kier molecular flexibility index (Phi) is 3.77. The molecule has 0 atom stereocenters. The van der Waals surface area contributed by atoms with Crippen LogP contribution in [0.15, 0.2) is 53.4 Å². The number of rotatable bonds is 4. The van der Waals surface area contributed by atoms with Gasteiger partial charge in [-0.2, -0.15) is 0 Å². The molecule has 2 N–H and O–H groups in total. The van der Waals surface area contributed by atoms with Gasteiger partial charge < -0.3 is 5.32 Å². The number of aromatic amines is 1. The average Bonchev–Trinajstić information content (AvgIpc) is 2.87. The standard InChI is InChI=1S/C17H19N3O/c1-2-8-14-16(13-9-4-3-5-10-13)19-20(17(14)21)15-11-6-7-12-18-15/h3-7,9-11,18-19H,2,8,12H2,1H3. The molecule has 4 nitrogen and oxygen atoms in total. The minimum Gasteiger partial charge on any atom is -0.366 e. The van der Waals surface area contributed by atoms with Crippen LogP contribution in [-0.4, -0.2) is 16.3 Å². The summed E-state index contributed by atoms with van der Waals surface area (Å²) in [5.41, 5.74) is 2.84. The van der Waals surface area contributed by atoms with E-state index in [-0.39, 0.29) is 5.56 Å². The first-order valence-electron chi connectivity index (χ1n) is 7.31. The normalized spacial score (nSPS) is 13.9. The van der Waals surface area contributed by atoms with E-state index < -0.39 is 0 Å². The zero-order valence-electron chi connectivity index (χ0n) is 12.1. The number of nitrogens with zero attached hydrogens (tertiary/aromatic N) is 1. The maximum Gasteiger partial charge on any atom is 0.276 e. The van der Waals surface area contributed by atoms with Gasteiger partial charge in [-0.25, -0.2) is 4.68 Å². The molecule has 0 fully saturated rings. The van der Waals surface area contributed by atoms with Crippen LogP contribution in [0.25, 0.3) is 17.1 Å². The molecule has 21 heavy (non-hydrogen) atoms. The highest BCUT2D eigenvalue weighted by molar-refractivity contribution is 5.64. The minimum atomic E-state index is 0.0322. The van der Waals surface area contributed by atoms with Crippen molar-refractivity contribution in [3.63, 3.8) is 0 Å². The van der Waals surface area contributed by atoms with Gasteiger partial charge in [0.2, 0.25) is 0 Å². The number of benzene rings is 1. The monoisotopic (exact) mass is 281 g/mol. The van der Waals surface area contributed by atoms with E-state index in [1.165, 1.54) is 0 Å². The Balaban J connectivity index is 2.14. The second-order valence-electron chi connectivity index (χ2n) is 5.08. The second-order valence-corrected chi connectivity index (χ2v) is 5.08. The van der Waals surface area contributed by atoms with Gasteiger partial charge in [0.1, 0.15) is 5.82 Å². The van der Waals surface area contributed by atoms with Gasteiger partial charge in [-0.15, -0.1) is 0 Å². The molecule has 2 aromatic rings. The van der Waals surface area contributed by atoms with Crippen LogP contribution in [0, 0.1) is 0 Å². The van der Waals surface area contributed by atoms with E-state index in [0.717, 1.165) is 42.0 Å². The van der Waals surface area contributed by atoms with Crippen molar-refractivity contribution in [1.29, 1.82) is 0 Å². The Morgan fingerprint density at radius 2 is 2.05 bits per heavy atom. The SMILES string of the molecule is CCCc1c(-c2ccccc2)[nH]n(C2=CC=CCN2)c1=O. The van der Waals surface area contributed by atoms with Crippen molar-refractivity contribution >= 4 is 5.82 Å². The number of dihydropyridines is 1. The van der Waals surface area contributed by atoms with Crippen molar-refractivity contribution in [3.05, 3.63) is 64.5 Å². The highest BCUT2D eigenvalue weighted by Crippen LogP contribution is 2.21. The number of nitrogens with one attached hydrogen (secondary N) is 2. The van der Waals surface area contributed by atoms with E-state index in [1.807, 2.05) is 48.6 Å². The number of allylic oxidation sites excluding steroid dienone is 2.